The Morgan fingerprint density at radius 2 is 2.04 bits per heavy atom. The highest BCUT2D eigenvalue weighted by Crippen LogP contribution is 2.26. The number of amides is 4. The summed E-state index contributed by atoms with van der Waals surface area (Å²) >= 11 is 0. The molecule has 1 aromatic rings. The van der Waals surface area contributed by atoms with Crippen LogP contribution in [0.1, 0.15) is 35.7 Å². The van der Waals surface area contributed by atoms with Crippen LogP contribution in [-0.2, 0) is 10.3 Å². The van der Waals surface area contributed by atoms with Gasteiger partial charge < -0.3 is 15.5 Å². The van der Waals surface area contributed by atoms with Gasteiger partial charge in [-0.2, -0.15) is 0 Å². The second-order valence-electron chi connectivity index (χ2n) is 6.46. The van der Waals surface area contributed by atoms with Crippen LogP contribution < -0.4 is 16.0 Å². The zero-order valence-corrected chi connectivity index (χ0v) is 13.9. The molecule has 4 amide bonds. The number of likely N-dealkylation sites (tertiary alicyclic amines) is 1. The molecule has 1 aromatic carbocycles. The Kier molecular flexibility index (Phi) is 4.28. The second kappa shape index (κ2) is 6.24. The maximum Gasteiger partial charge on any atom is 0.322 e. The molecule has 0 unspecified atom stereocenters. The SMILES string of the molecule is CNC[C@@H]1CCCN1C(=O)c1ccc([C@@]2(C)NC(=O)NC2=O)cc1. The number of nitrogens with zero attached hydrogens (tertiary/aromatic N) is 1. The van der Waals surface area contributed by atoms with Crippen molar-refractivity contribution < 1.29 is 14.4 Å². The van der Waals surface area contributed by atoms with Gasteiger partial charge >= 0.3 is 6.03 Å². The Morgan fingerprint density at radius 3 is 2.62 bits per heavy atom. The van der Waals surface area contributed by atoms with Crippen molar-refractivity contribution in [1.82, 2.24) is 20.9 Å². The Hall–Kier alpha value is -2.41. The van der Waals surface area contributed by atoms with Crippen LogP contribution in [0, 0.1) is 0 Å². The first-order valence-electron chi connectivity index (χ1n) is 8.15. The van der Waals surface area contributed by atoms with E-state index < -0.39 is 11.6 Å². The molecule has 3 N–H and O–H groups in total. The number of nitrogens with one attached hydrogen (secondary N) is 3. The normalized spacial score (nSPS) is 26.4. The highest BCUT2D eigenvalue weighted by Gasteiger charge is 2.43. The number of hydrogen-bond donors (Lipinski definition) is 3. The minimum Gasteiger partial charge on any atom is -0.334 e. The maximum atomic E-state index is 12.7. The van der Waals surface area contributed by atoms with E-state index >= 15 is 0 Å². The minimum atomic E-state index is -1.10. The van der Waals surface area contributed by atoms with Crippen LogP contribution in [0.2, 0.25) is 0 Å². The van der Waals surface area contributed by atoms with E-state index in [4.69, 9.17) is 0 Å². The first-order chi connectivity index (χ1) is 11.5. The number of benzene rings is 1. The van der Waals surface area contributed by atoms with Crippen LogP contribution in [0.3, 0.4) is 0 Å². The summed E-state index contributed by atoms with van der Waals surface area (Å²) in [6.07, 6.45) is 2.02. The van der Waals surface area contributed by atoms with Crippen molar-refractivity contribution >= 4 is 17.8 Å². The smallest absolute Gasteiger partial charge is 0.322 e. The van der Waals surface area contributed by atoms with Gasteiger partial charge in [0.1, 0.15) is 5.54 Å². The quantitative estimate of drug-likeness (QED) is 0.704. The summed E-state index contributed by atoms with van der Waals surface area (Å²) in [5.74, 6) is -0.385. The summed E-state index contributed by atoms with van der Waals surface area (Å²) in [6, 6.07) is 6.60. The van der Waals surface area contributed by atoms with Crippen molar-refractivity contribution in [3.05, 3.63) is 35.4 Å². The molecule has 2 aliphatic rings. The standard InChI is InChI=1S/C17H22N4O3/c1-17(15(23)19-16(24)20-17)12-7-5-11(6-8-12)14(22)21-9-3-4-13(21)10-18-2/h5-8,13,18H,3-4,9-10H2,1-2H3,(H2,19,20,23,24)/t13-,17+/m0/s1. The van der Waals surface area contributed by atoms with E-state index in [1.165, 1.54) is 0 Å². The first kappa shape index (κ1) is 16.4. The number of hydrogen-bond acceptors (Lipinski definition) is 4. The lowest BCUT2D eigenvalue weighted by molar-refractivity contribution is -0.123. The number of rotatable bonds is 4. The zero-order valence-electron chi connectivity index (χ0n) is 13.9. The first-order valence-corrected chi connectivity index (χ1v) is 8.15. The van der Waals surface area contributed by atoms with Gasteiger partial charge in [-0.15, -0.1) is 0 Å². The molecular formula is C17H22N4O3. The predicted molar refractivity (Wildman–Crippen MR) is 88.5 cm³/mol. The molecule has 2 atom stereocenters. The van der Waals surface area contributed by atoms with Gasteiger partial charge in [-0.1, -0.05) is 12.1 Å². The van der Waals surface area contributed by atoms with Gasteiger partial charge in [-0.25, -0.2) is 4.79 Å². The van der Waals surface area contributed by atoms with Crippen LogP contribution in [-0.4, -0.2) is 48.9 Å². The fourth-order valence-electron chi connectivity index (χ4n) is 3.41. The van der Waals surface area contributed by atoms with Crippen molar-refractivity contribution in [2.75, 3.05) is 20.1 Å². The van der Waals surface area contributed by atoms with Crippen LogP contribution in [0.15, 0.2) is 24.3 Å². The number of urea groups is 1. The van der Waals surface area contributed by atoms with E-state index in [9.17, 15) is 14.4 Å². The van der Waals surface area contributed by atoms with Gasteiger partial charge in [-0.05, 0) is 44.5 Å². The predicted octanol–water partition coefficient (Wildman–Crippen LogP) is 0.565. The Morgan fingerprint density at radius 1 is 1.33 bits per heavy atom. The molecule has 0 aliphatic carbocycles. The molecule has 7 nitrogen and oxygen atoms in total. The Bertz CT molecular complexity index is 673. The Balaban J connectivity index is 1.78. The van der Waals surface area contributed by atoms with Crippen LogP contribution in [0.5, 0.6) is 0 Å². The van der Waals surface area contributed by atoms with Gasteiger partial charge in [0, 0.05) is 24.7 Å². The largest absolute Gasteiger partial charge is 0.334 e. The average Bonchev–Trinajstić information content (AvgIpc) is 3.12. The third-order valence-corrected chi connectivity index (χ3v) is 4.83. The fourth-order valence-corrected chi connectivity index (χ4v) is 3.41. The number of carbonyl (C=O) groups is 3. The lowest BCUT2D eigenvalue weighted by Crippen LogP contribution is -2.41. The molecule has 0 saturated carbocycles. The zero-order chi connectivity index (χ0) is 17.3. The summed E-state index contributed by atoms with van der Waals surface area (Å²) in [5.41, 5.74) is 0.145. The van der Waals surface area contributed by atoms with Crippen molar-refractivity contribution in [1.29, 1.82) is 0 Å². The van der Waals surface area contributed by atoms with E-state index in [2.05, 4.69) is 16.0 Å². The lowest BCUT2D eigenvalue weighted by atomic mass is 9.91. The van der Waals surface area contributed by atoms with E-state index in [1.54, 1.807) is 31.2 Å². The van der Waals surface area contributed by atoms with E-state index in [1.807, 2.05) is 11.9 Å². The second-order valence-corrected chi connectivity index (χ2v) is 6.46. The lowest BCUT2D eigenvalue weighted by Gasteiger charge is -2.25. The van der Waals surface area contributed by atoms with Crippen molar-refractivity contribution in [3.63, 3.8) is 0 Å². The van der Waals surface area contributed by atoms with Crippen molar-refractivity contribution in [2.45, 2.75) is 31.3 Å². The highest BCUT2D eigenvalue weighted by molar-refractivity contribution is 6.07. The third-order valence-electron chi connectivity index (χ3n) is 4.83. The molecule has 0 radical (unpaired) electrons. The molecule has 2 heterocycles. The van der Waals surface area contributed by atoms with E-state index in [0.29, 0.717) is 11.1 Å². The van der Waals surface area contributed by atoms with Gasteiger partial charge in [0.2, 0.25) is 0 Å². The molecule has 128 valence electrons. The topological polar surface area (TPSA) is 90.5 Å². The molecule has 2 aliphatic heterocycles. The van der Waals surface area contributed by atoms with Crippen LogP contribution in [0.25, 0.3) is 0 Å². The number of imide groups is 1. The molecule has 3 rings (SSSR count). The maximum absolute atomic E-state index is 12.7. The monoisotopic (exact) mass is 330 g/mol. The van der Waals surface area contributed by atoms with E-state index in [-0.39, 0.29) is 17.9 Å². The van der Waals surface area contributed by atoms with Gasteiger partial charge in [0.05, 0.1) is 0 Å². The molecule has 0 spiro atoms. The van der Waals surface area contributed by atoms with Gasteiger partial charge in [0.15, 0.2) is 0 Å². The fraction of sp³-hybridized carbons (Fsp3) is 0.471. The van der Waals surface area contributed by atoms with Crippen molar-refractivity contribution in [2.24, 2.45) is 0 Å². The molecule has 24 heavy (non-hydrogen) atoms. The van der Waals surface area contributed by atoms with E-state index in [0.717, 1.165) is 25.9 Å². The number of likely N-dealkylation sites (N-methyl/N-ethyl adjacent to an activating group) is 1. The van der Waals surface area contributed by atoms with Gasteiger partial charge in [0.25, 0.3) is 11.8 Å². The third kappa shape index (κ3) is 2.75. The molecule has 2 fully saturated rings. The minimum absolute atomic E-state index is 0.00404. The summed E-state index contributed by atoms with van der Waals surface area (Å²) in [6.45, 7) is 3.20. The molecule has 0 aromatic heterocycles. The molecule has 2 saturated heterocycles. The summed E-state index contributed by atoms with van der Waals surface area (Å²) in [5, 5.41) is 7.99. The average molecular weight is 330 g/mol. The van der Waals surface area contributed by atoms with Gasteiger partial charge in [-0.3, -0.25) is 14.9 Å². The Labute approximate surface area is 140 Å². The van der Waals surface area contributed by atoms with Crippen LogP contribution in [0.4, 0.5) is 4.79 Å². The molecule has 0 bridgehead atoms. The molecule has 7 heteroatoms. The highest BCUT2D eigenvalue weighted by atomic mass is 16.2. The number of carbonyl (C=O) groups excluding carboxylic acids is 3. The summed E-state index contributed by atoms with van der Waals surface area (Å²) in [4.78, 5) is 38.0. The summed E-state index contributed by atoms with van der Waals surface area (Å²) in [7, 11) is 1.89. The van der Waals surface area contributed by atoms with Crippen molar-refractivity contribution in [3.8, 4) is 0 Å². The van der Waals surface area contributed by atoms with Crippen LogP contribution >= 0.6 is 0 Å². The summed E-state index contributed by atoms with van der Waals surface area (Å²) < 4.78 is 0. The molecular weight excluding hydrogens is 308 g/mol.